The zero-order valence-corrected chi connectivity index (χ0v) is 12.2. The molecule has 1 aromatic rings. The summed E-state index contributed by atoms with van der Waals surface area (Å²) in [5, 5.41) is 15.1. The molecule has 0 aromatic heterocycles. The summed E-state index contributed by atoms with van der Waals surface area (Å²) in [5.41, 5.74) is 1.35. The Morgan fingerprint density at radius 3 is 2.81 bits per heavy atom. The van der Waals surface area contributed by atoms with Gasteiger partial charge < -0.3 is 20.5 Å². The molecule has 3 N–H and O–H groups in total. The predicted octanol–water partition coefficient (Wildman–Crippen LogP) is 1.26. The summed E-state index contributed by atoms with van der Waals surface area (Å²) in [4.78, 5) is 23.4. The number of carbonyl (C=O) groups is 2. The molecule has 0 radical (unpaired) electrons. The lowest BCUT2D eigenvalue weighted by Gasteiger charge is -2.18. The molecule has 6 nitrogen and oxygen atoms in total. The number of rotatable bonds is 5. The van der Waals surface area contributed by atoms with Gasteiger partial charge in [-0.2, -0.15) is 0 Å². The second-order valence-electron chi connectivity index (χ2n) is 5.13. The number of nitrogens with one attached hydrogen (secondary N) is 2. The number of hydrogen-bond donors (Lipinski definition) is 3. The Morgan fingerprint density at radius 1 is 1.38 bits per heavy atom. The van der Waals surface area contributed by atoms with E-state index in [1.807, 2.05) is 6.92 Å². The van der Waals surface area contributed by atoms with E-state index < -0.39 is 5.97 Å². The predicted molar refractivity (Wildman–Crippen MR) is 78.5 cm³/mol. The largest absolute Gasteiger partial charge is 0.478 e. The number of carbonyl (C=O) groups excluding carboxylic acids is 1. The summed E-state index contributed by atoms with van der Waals surface area (Å²) in [5.74, 6) is -1.42. The van der Waals surface area contributed by atoms with Crippen LogP contribution in [0.25, 0.3) is 0 Å². The van der Waals surface area contributed by atoms with Gasteiger partial charge in [-0.05, 0) is 31.2 Å². The van der Waals surface area contributed by atoms with E-state index in [1.54, 1.807) is 19.1 Å². The highest BCUT2D eigenvalue weighted by Crippen LogP contribution is 2.19. The number of carboxylic acids is 1. The number of likely N-dealkylation sites (N-methyl/N-ethyl adjacent to an activating group) is 1. The van der Waals surface area contributed by atoms with Crippen LogP contribution < -0.4 is 10.6 Å². The van der Waals surface area contributed by atoms with Crippen molar-refractivity contribution in [2.75, 3.05) is 25.1 Å². The van der Waals surface area contributed by atoms with Crippen molar-refractivity contribution in [1.82, 2.24) is 5.32 Å². The van der Waals surface area contributed by atoms with Crippen molar-refractivity contribution in [3.63, 3.8) is 0 Å². The van der Waals surface area contributed by atoms with Crippen molar-refractivity contribution in [2.45, 2.75) is 19.9 Å². The van der Waals surface area contributed by atoms with Gasteiger partial charge in [-0.3, -0.25) is 4.79 Å². The minimum atomic E-state index is -1.00. The van der Waals surface area contributed by atoms with Gasteiger partial charge in [0, 0.05) is 11.7 Å². The lowest BCUT2D eigenvalue weighted by Crippen LogP contribution is -2.41. The van der Waals surface area contributed by atoms with Crippen LogP contribution in [-0.4, -0.2) is 42.8 Å². The first kappa shape index (κ1) is 15.5. The Hall–Kier alpha value is -1.92. The molecule has 1 saturated heterocycles. The van der Waals surface area contributed by atoms with Crippen molar-refractivity contribution >= 4 is 17.6 Å². The molecule has 2 unspecified atom stereocenters. The summed E-state index contributed by atoms with van der Waals surface area (Å²) in [6.45, 7) is 5.36. The quantitative estimate of drug-likeness (QED) is 0.760. The van der Waals surface area contributed by atoms with E-state index in [1.165, 1.54) is 6.07 Å². The minimum absolute atomic E-state index is 0.000562. The summed E-state index contributed by atoms with van der Waals surface area (Å²) >= 11 is 0. The Labute approximate surface area is 123 Å². The number of ether oxygens (including phenoxy) is 1. The molecule has 1 aliphatic heterocycles. The average Bonchev–Trinajstić information content (AvgIpc) is 2.89. The Kier molecular flexibility index (Phi) is 4.93. The standard InChI is InChI=1S/C15H20N2O4/c1-3-16-13-8-21-7-12(13)14(18)17-10-5-4-9(2)11(6-10)15(19)20/h4-6,12-13,16H,3,7-8H2,1-2H3,(H,17,18)(H,19,20). The van der Waals surface area contributed by atoms with E-state index >= 15 is 0 Å². The molecule has 0 bridgehead atoms. The third-order valence-corrected chi connectivity index (χ3v) is 3.62. The number of benzene rings is 1. The van der Waals surface area contributed by atoms with Crippen molar-refractivity contribution in [3.8, 4) is 0 Å². The van der Waals surface area contributed by atoms with Gasteiger partial charge >= 0.3 is 5.97 Å². The first-order valence-corrected chi connectivity index (χ1v) is 6.99. The van der Waals surface area contributed by atoms with Gasteiger partial charge in [-0.15, -0.1) is 0 Å². The molecular formula is C15H20N2O4. The molecule has 1 fully saturated rings. The van der Waals surface area contributed by atoms with Gasteiger partial charge in [0.1, 0.15) is 0 Å². The Bertz CT molecular complexity index is 544. The average molecular weight is 292 g/mol. The third-order valence-electron chi connectivity index (χ3n) is 3.62. The van der Waals surface area contributed by atoms with E-state index in [9.17, 15) is 9.59 Å². The SMILES string of the molecule is CCNC1COCC1C(=O)Nc1ccc(C)c(C(=O)O)c1. The molecule has 0 aliphatic carbocycles. The fourth-order valence-electron chi connectivity index (χ4n) is 2.44. The number of aromatic carboxylic acids is 1. The second kappa shape index (κ2) is 6.69. The van der Waals surface area contributed by atoms with Gasteiger partial charge in [0.25, 0.3) is 0 Å². The first-order valence-electron chi connectivity index (χ1n) is 6.99. The van der Waals surface area contributed by atoms with Crippen molar-refractivity contribution in [3.05, 3.63) is 29.3 Å². The molecule has 0 spiro atoms. The lowest BCUT2D eigenvalue weighted by atomic mass is 10.0. The maximum Gasteiger partial charge on any atom is 0.336 e. The van der Waals surface area contributed by atoms with Crippen molar-refractivity contribution in [1.29, 1.82) is 0 Å². The van der Waals surface area contributed by atoms with E-state index in [0.717, 1.165) is 6.54 Å². The highest BCUT2D eigenvalue weighted by atomic mass is 16.5. The molecule has 1 amide bonds. The highest BCUT2D eigenvalue weighted by Gasteiger charge is 2.33. The molecule has 2 rings (SSSR count). The van der Waals surface area contributed by atoms with Crippen LogP contribution in [0.5, 0.6) is 0 Å². The van der Waals surface area contributed by atoms with E-state index in [4.69, 9.17) is 9.84 Å². The molecule has 0 saturated carbocycles. The molecular weight excluding hydrogens is 272 g/mol. The lowest BCUT2D eigenvalue weighted by molar-refractivity contribution is -0.120. The monoisotopic (exact) mass is 292 g/mol. The molecule has 2 atom stereocenters. The fraction of sp³-hybridized carbons (Fsp3) is 0.467. The van der Waals surface area contributed by atoms with Crippen LogP contribution in [0.1, 0.15) is 22.8 Å². The van der Waals surface area contributed by atoms with E-state index in [0.29, 0.717) is 24.5 Å². The molecule has 1 heterocycles. The van der Waals surface area contributed by atoms with E-state index in [2.05, 4.69) is 10.6 Å². The number of hydrogen-bond acceptors (Lipinski definition) is 4. The van der Waals surface area contributed by atoms with Gasteiger partial charge in [0.15, 0.2) is 0 Å². The third kappa shape index (κ3) is 3.59. The molecule has 114 valence electrons. The number of aryl methyl sites for hydroxylation is 1. The van der Waals surface area contributed by atoms with Gasteiger partial charge in [-0.25, -0.2) is 4.79 Å². The Balaban J connectivity index is 2.09. The minimum Gasteiger partial charge on any atom is -0.478 e. The normalized spacial score (nSPS) is 21.2. The zero-order chi connectivity index (χ0) is 15.4. The topological polar surface area (TPSA) is 87.7 Å². The van der Waals surface area contributed by atoms with Gasteiger partial charge in [0.2, 0.25) is 5.91 Å². The maximum atomic E-state index is 12.3. The number of carboxylic acid groups (broad SMARTS) is 1. The van der Waals surface area contributed by atoms with E-state index in [-0.39, 0.29) is 23.4 Å². The zero-order valence-electron chi connectivity index (χ0n) is 12.2. The molecule has 1 aliphatic rings. The van der Waals surface area contributed by atoms with Crippen molar-refractivity contribution in [2.24, 2.45) is 5.92 Å². The fourth-order valence-corrected chi connectivity index (χ4v) is 2.44. The Morgan fingerprint density at radius 2 is 2.14 bits per heavy atom. The molecule has 1 aromatic carbocycles. The molecule has 6 heteroatoms. The van der Waals surface area contributed by atoms with Crippen LogP contribution in [0.3, 0.4) is 0 Å². The first-order chi connectivity index (χ1) is 10.0. The van der Waals surface area contributed by atoms with Gasteiger partial charge in [0.05, 0.1) is 24.7 Å². The van der Waals surface area contributed by atoms with Crippen LogP contribution in [0.15, 0.2) is 18.2 Å². The number of anilines is 1. The number of amides is 1. The smallest absolute Gasteiger partial charge is 0.336 e. The summed E-state index contributed by atoms with van der Waals surface area (Å²) in [7, 11) is 0. The maximum absolute atomic E-state index is 12.3. The summed E-state index contributed by atoms with van der Waals surface area (Å²) in [6.07, 6.45) is 0. The highest BCUT2D eigenvalue weighted by molar-refractivity contribution is 5.96. The van der Waals surface area contributed by atoms with Crippen LogP contribution in [0.2, 0.25) is 0 Å². The summed E-state index contributed by atoms with van der Waals surface area (Å²) in [6, 6.07) is 4.87. The van der Waals surface area contributed by atoms with Crippen LogP contribution in [0, 0.1) is 12.8 Å². The molecule has 21 heavy (non-hydrogen) atoms. The van der Waals surface area contributed by atoms with Crippen LogP contribution in [0.4, 0.5) is 5.69 Å². The second-order valence-corrected chi connectivity index (χ2v) is 5.13. The van der Waals surface area contributed by atoms with Crippen LogP contribution >= 0.6 is 0 Å². The van der Waals surface area contributed by atoms with Gasteiger partial charge in [-0.1, -0.05) is 13.0 Å². The van der Waals surface area contributed by atoms with Crippen molar-refractivity contribution < 1.29 is 19.4 Å². The summed E-state index contributed by atoms with van der Waals surface area (Å²) < 4.78 is 5.34. The van der Waals surface area contributed by atoms with Crippen LogP contribution in [-0.2, 0) is 9.53 Å².